The molecule has 0 unspecified atom stereocenters. The Kier molecular flexibility index (Phi) is 4.80. The van der Waals surface area contributed by atoms with Gasteiger partial charge >= 0.3 is 6.03 Å². The van der Waals surface area contributed by atoms with E-state index in [1.807, 2.05) is 0 Å². The molecule has 2 amide bonds. The van der Waals surface area contributed by atoms with Crippen LogP contribution >= 0.6 is 11.3 Å². The van der Waals surface area contributed by atoms with Crippen LogP contribution in [-0.4, -0.2) is 16.2 Å². The third-order valence-corrected chi connectivity index (χ3v) is 4.80. The van der Waals surface area contributed by atoms with Gasteiger partial charge in [0.15, 0.2) is 0 Å². The number of amides is 2. The Morgan fingerprint density at radius 2 is 1.91 bits per heavy atom. The summed E-state index contributed by atoms with van der Waals surface area (Å²) in [6.45, 7) is 0. The summed E-state index contributed by atoms with van der Waals surface area (Å²) in [5.74, 6) is -1.12. The molecule has 0 radical (unpaired) electrons. The molecule has 0 saturated heterocycles. The Morgan fingerprint density at radius 1 is 1.13 bits per heavy atom. The molecular weight excluding hydrogens is 322 g/mol. The summed E-state index contributed by atoms with van der Waals surface area (Å²) in [6, 6.07) is 2.31. The first-order chi connectivity index (χ1) is 11.1. The normalized spacial score (nSPS) is 15.4. The molecule has 3 rings (SSSR count). The van der Waals surface area contributed by atoms with E-state index in [0.29, 0.717) is 17.1 Å². The average Bonchev–Trinajstić information content (AvgIpc) is 2.99. The Balaban J connectivity index is 1.60. The van der Waals surface area contributed by atoms with E-state index in [1.54, 1.807) is 0 Å². The van der Waals surface area contributed by atoms with E-state index in [1.165, 1.54) is 30.6 Å². The van der Waals surface area contributed by atoms with Crippen molar-refractivity contribution >= 4 is 28.2 Å². The van der Waals surface area contributed by atoms with Gasteiger partial charge in [-0.3, -0.25) is 5.32 Å². The molecule has 2 N–H and O–H groups in total. The zero-order chi connectivity index (χ0) is 16.2. The number of carbonyl (C=O) groups excluding carboxylic acids is 1. The molecule has 0 atom stereocenters. The highest BCUT2D eigenvalue weighted by atomic mass is 32.1. The number of halogens is 2. The Bertz CT molecular complexity index is 701. The number of nitrogens with zero attached hydrogens (tertiary/aromatic N) is 2. The average molecular weight is 338 g/mol. The number of carbonyl (C=O) groups is 1. The van der Waals surface area contributed by atoms with Crippen molar-refractivity contribution in [2.24, 2.45) is 0 Å². The minimum atomic E-state index is -0.833. The number of nitrogens with one attached hydrogen (secondary N) is 2. The molecule has 122 valence electrons. The van der Waals surface area contributed by atoms with Crippen molar-refractivity contribution in [1.82, 2.24) is 10.2 Å². The van der Waals surface area contributed by atoms with Crippen LogP contribution in [0.15, 0.2) is 18.2 Å². The second-order valence-corrected chi connectivity index (χ2v) is 6.49. The van der Waals surface area contributed by atoms with E-state index in [-0.39, 0.29) is 5.69 Å². The highest BCUT2D eigenvalue weighted by Gasteiger charge is 2.20. The quantitative estimate of drug-likeness (QED) is 0.865. The Hall–Kier alpha value is -2.09. The van der Waals surface area contributed by atoms with Gasteiger partial charge in [-0.25, -0.2) is 13.6 Å². The molecule has 8 heteroatoms. The Morgan fingerprint density at radius 3 is 2.65 bits per heavy atom. The monoisotopic (exact) mass is 338 g/mol. The molecule has 1 heterocycles. The molecule has 2 aromatic rings. The first kappa shape index (κ1) is 15.8. The zero-order valence-electron chi connectivity index (χ0n) is 12.3. The molecule has 0 spiro atoms. The molecule has 1 aliphatic carbocycles. The number of benzene rings is 1. The van der Waals surface area contributed by atoms with Gasteiger partial charge in [0.1, 0.15) is 16.6 Å². The smallest absolute Gasteiger partial charge is 0.305 e. The Labute approximate surface area is 136 Å². The zero-order valence-corrected chi connectivity index (χ0v) is 13.1. The molecule has 0 aliphatic heterocycles. The topological polar surface area (TPSA) is 66.9 Å². The van der Waals surface area contributed by atoms with Crippen LogP contribution in [0, 0.1) is 11.6 Å². The lowest BCUT2D eigenvalue weighted by Gasteiger charge is -2.18. The maximum Gasteiger partial charge on any atom is 0.325 e. The minimum absolute atomic E-state index is 0.0964. The summed E-state index contributed by atoms with van der Waals surface area (Å²) in [6.07, 6.45) is 5.84. The molecule has 1 aromatic heterocycles. The van der Waals surface area contributed by atoms with Gasteiger partial charge in [-0.1, -0.05) is 30.6 Å². The van der Waals surface area contributed by atoms with Gasteiger partial charge in [0.25, 0.3) is 0 Å². The van der Waals surface area contributed by atoms with Crippen LogP contribution < -0.4 is 10.6 Å². The van der Waals surface area contributed by atoms with Gasteiger partial charge in [-0.2, -0.15) is 0 Å². The van der Waals surface area contributed by atoms with Crippen molar-refractivity contribution in [1.29, 1.82) is 0 Å². The summed E-state index contributed by atoms with van der Waals surface area (Å²) in [7, 11) is 0. The number of aromatic nitrogens is 2. The van der Waals surface area contributed by atoms with Crippen LogP contribution in [0.2, 0.25) is 0 Å². The van der Waals surface area contributed by atoms with Crippen molar-refractivity contribution in [3.63, 3.8) is 0 Å². The van der Waals surface area contributed by atoms with Gasteiger partial charge in [0.05, 0.1) is 5.69 Å². The fourth-order valence-electron chi connectivity index (χ4n) is 2.64. The van der Waals surface area contributed by atoms with E-state index in [4.69, 9.17) is 0 Å². The summed E-state index contributed by atoms with van der Waals surface area (Å²) in [4.78, 5) is 11.9. The molecule has 5 nitrogen and oxygen atoms in total. The lowest BCUT2D eigenvalue weighted by Crippen LogP contribution is -2.20. The van der Waals surface area contributed by atoms with E-state index < -0.39 is 17.7 Å². The molecule has 1 aromatic carbocycles. The predicted molar refractivity (Wildman–Crippen MR) is 84.7 cm³/mol. The van der Waals surface area contributed by atoms with E-state index >= 15 is 0 Å². The number of urea groups is 1. The first-order valence-corrected chi connectivity index (χ1v) is 8.30. The van der Waals surface area contributed by atoms with Crippen molar-refractivity contribution in [2.45, 2.75) is 38.0 Å². The summed E-state index contributed by atoms with van der Waals surface area (Å²) in [5, 5.41) is 14.2. The van der Waals surface area contributed by atoms with Crippen LogP contribution in [0.25, 0.3) is 0 Å². The fourth-order valence-corrected chi connectivity index (χ4v) is 3.55. The lowest BCUT2D eigenvalue weighted by atomic mass is 9.90. The SMILES string of the molecule is O=C(Nc1nnc(C2CCCCC2)s1)Nc1ccc(F)cc1F. The van der Waals surface area contributed by atoms with Crippen molar-refractivity contribution in [3.05, 3.63) is 34.8 Å². The third kappa shape index (κ3) is 4.01. The van der Waals surface area contributed by atoms with Crippen LogP contribution in [-0.2, 0) is 0 Å². The molecule has 1 aliphatic rings. The van der Waals surface area contributed by atoms with Gasteiger partial charge in [-0.05, 0) is 25.0 Å². The number of hydrogen-bond acceptors (Lipinski definition) is 4. The standard InChI is InChI=1S/C15H16F2N4OS/c16-10-6-7-12(11(17)8-10)18-14(22)19-15-21-20-13(23-15)9-4-2-1-3-5-9/h6-9H,1-5H2,(H2,18,19,21,22). The first-order valence-electron chi connectivity index (χ1n) is 7.48. The van der Waals surface area contributed by atoms with Crippen molar-refractivity contribution < 1.29 is 13.6 Å². The van der Waals surface area contributed by atoms with Crippen LogP contribution in [0.5, 0.6) is 0 Å². The maximum atomic E-state index is 13.5. The predicted octanol–water partition coefficient (Wildman–Crippen LogP) is 4.51. The van der Waals surface area contributed by atoms with E-state index in [9.17, 15) is 13.6 Å². The van der Waals surface area contributed by atoms with Gasteiger partial charge < -0.3 is 5.32 Å². The second kappa shape index (κ2) is 6.99. The summed E-state index contributed by atoms with van der Waals surface area (Å²) in [5.41, 5.74) is -0.0964. The van der Waals surface area contributed by atoms with Crippen molar-refractivity contribution in [3.8, 4) is 0 Å². The fraction of sp³-hybridized carbons (Fsp3) is 0.400. The van der Waals surface area contributed by atoms with E-state index in [0.717, 1.165) is 30.0 Å². The molecular formula is C15H16F2N4OS. The van der Waals surface area contributed by atoms with Crippen LogP contribution in [0.1, 0.15) is 43.0 Å². The van der Waals surface area contributed by atoms with Gasteiger partial charge in [-0.15, -0.1) is 10.2 Å². The summed E-state index contributed by atoms with van der Waals surface area (Å²) >= 11 is 1.34. The van der Waals surface area contributed by atoms with Crippen LogP contribution in [0.4, 0.5) is 24.4 Å². The largest absolute Gasteiger partial charge is 0.325 e. The number of anilines is 2. The van der Waals surface area contributed by atoms with E-state index in [2.05, 4.69) is 20.8 Å². The van der Waals surface area contributed by atoms with Crippen molar-refractivity contribution in [2.75, 3.05) is 10.6 Å². The third-order valence-electron chi connectivity index (χ3n) is 3.79. The maximum absolute atomic E-state index is 13.5. The van der Waals surface area contributed by atoms with Crippen LogP contribution in [0.3, 0.4) is 0 Å². The molecule has 1 saturated carbocycles. The number of hydrogen-bond donors (Lipinski definition) is 2. The molecule has 1 fully saturated rings. The molecule has 0 bridgehead atoms. The highest BCUT2D eigenvalue weighted by molar-refractivity contribution is 7.15. The number of rotatable bonds is 3. The summed E-state index contributed by atoms with van der Waals surface area (Å²) < 4.78 is 26.3. The lowest BCUT2D eigenvalue weighted by molar-refractivity contribution is 0.262. The molecule has 23 heavy (non-hydrogen) atoms. The highest BCUT2D eigenvalue weighted by Crippen LogP contribution is 2.35. The minimum Gasteiger partial charge on any atom is -0.305 e. The second-order valence-electron chi connectivity index (χ2n) is 5.48. The van der Waals surface area contributed by atoms with Gasteiger partial charge in [0, 0.05) is 12.0 Å². The van der Waals surface area contributed by atoms with Gasteiger partial charge in [0.2, 0.25) is 5.13 Å².